The maximum absolute atomic E-state index is 10.6. The molecule has 0 spiro atoms. The molecule has 0 aromatic rings. The Kier molecular flexibility index (Phi) is 3.08. The zero-order valence-corrected chi connectivity index (χ0v) is 7.85. The number of carboxylic acid groups (broad SMARTS) is 1. The lowest BCUT2D eigenvalue weighted by atomic mass is 10.2. The van der Waals surface area contributed by atoms with Crippen molar-refractivity contribution < 1.29 is 24.3 Å². The summed E-state index contributed by atoms with van der Waals surface area (Å²) in [6, 6.07) is -0.729. The first-order valence-electron chi connectivity index (χ1n) is 3.91. The fourth-order valence-corrected chi connectivity index (χ4v) is 2.32. The quantitative estimate of drug-likeness (QED) is 0.550. The van der Waals surface area contributed by atoms with Crippen molar-refractivity contribution in [2.75, 3.05) is 12.8 Å². The van der Waals surface area contributed by atoms with Crippen LogP contribution in [0.2, 0.25) is 0 Å². The van der Waals surface area contributed by atoms with Crippen LogP contribution in [0.4, 0.5) is 0 Å². The van der Waals surface area contributed by atoms with Crippen molar-refractivity contribution in [3.05, 3.63) is 0 Å². The Hall–Kier alpha value is -0.420. The molecule has 3 N–H and O–H groups in total. The molecular formula is C6H12NO5P. The van der Waals surface area contributed by atoms with Gasteiger partial charge < -0.3 is 14.9 Å². The molecule has 7 heteroatoms. The van der Waals surface area contributed by atoms with Crippen LogP contribution in [-0.4, -0.2) is 44.6 Å². The summed E-state index contributed by atoms with van der Waals surface area (Å²) >= 11 is 0. The van der Waals surface area contributed by atoms with E-state index in [9.17, 15) is 9.36 Å². The molecule has 1 heterocycles. The number of likely N-dealkylation sites (tertiary alicyclic amines) is 1. The summed E-state index contributed by atoms with van der Waals surface area (Å²) in [5.41, 5.74) is 0. The van der Waals surface area contributed by atoms with Gasteiger partial charge in [0.05, 0.1) is 0 Å². The average molecular weight is 209 g/mol. The summed E-state index contributed by atoms with van der Waals surface area (Å²) in [4.78, 5) is 29.2. The highest BCUT2D eigenvalue weighted by Crippen LogP contribution is 2.37. The van der Waals surface area contributed by atoms with Crippen LogP contribution >= 0.6 is 7.60 Å². The fraction of sp³-hybridized carbons (Fsp3) is 0.833. The van der Waals surface area contributed by atoms with Crippen molar-refractivity contribution >= 4 is 13.6 Å². The van der Waals surface area contributed by atoms with Gasteiger partial charge in [0.1, 0.15) is 12.3 Å². The molecule has 0 bridgehead atoms. The molecule has 76 valence electrons. The topological polar surface area (TPSA) is 98.1 Å². The van der Waals surface area contributed by atoms with E-state index in [-0.39, 0.29) is 0 Å². The van der Waals surface area contributed by atoms with Gasteiger partial charge in [0.25, 0.3) is 0 Å². The van der Waals surface area contributed by atoms with Crippen LogP contribution in [0.15, 0.2) is 0 Å². The number of hydrogen-bond donors (Lipinski definition) is 3. The van der Waals surface area contributed by atoms with Crippen molar-refractivity contribution in [3.63, 3.8) is 0 Å². The van der Waals surface area contributed by atoms with Crippen LogP contribution in [0.5, 0.6) is 0 Å². The molecular weight excluding hydrogens is 197 g/mol. The Morgan fingerprint density at radius 1 is 1.54 bits per heavy atom. The molecule has 0 aromatic heterocycles. The summed E-state index contributed by atoms with van der Waals surface area (Å²) in [6.07, 6.45) is 0.691. The first kappa shape index (κ1) is 10.7. The third kappa shape index (κ3) is 3.08. The zero-order chi connectivity index (χ0) is 10.1. The SMILES string of the molecule is O=C(O)C1CCCN1CP(=O)(O)O. The highest BCUT2D eigenvalue weighted by molar-refractivity contribution is 7.51. The average Bonchev–Trinajstić information content (AvgIpc) is 2.31. The molecule has 0 amide bonds. The Bertz CT molecular complexity index is 249. The molecule has 1 atom stereocenters. The summed E-state index contributed by atoms with van der Waals surface area (Å²) in [6.45, 7) is 0.447. The summed E-state index contributed by atoms with van der Waals surface area (Å²) in [5.74, 6) is -1.01. The van der Waals surface area contributed by atoms with Crippen molar-refractivity contribution in [2.24, 2.45) is 0 Å². The summed E-state index contributed by atoms with van der Waals surface area (Å²) in [7, 11) is -4.13. The minimum atomic E-state index is -4.13. The van der Waals surface area contributed by atoms with Gasteiger partial charge in [-0.2, -0.15) is 0 Å². The highest BCUT2D eigenvalue weighted by Gasteiger charge is 2.34. The number of aliphatic carboxylic acids is 1. The zero-order valence-electron chi connectivity index (χ0n) is 6.96. The van der Waals surface area contributed by atoms with Gasteiger partial charge in [-0.1, -0.05) is 0 Å². The third-order valence-electron chi connectivity index (χ3n) is 2.01. The maximum Gasteiger partial charge on any atom is 0.339 e. The molecule has 0 saturated carbocycles. The van der Waals surface area contributed by atoms with Gasteiger partial charge in [-0.05, 0) is 19.4 Å². The van der Waals surface area contributed by atoms with Gasteiger partial charge in [0.2, 0.25) is 0 Å². The lowest BCUT2D eigenvalue weighted by Gasteiger charge is -2.20. The third-order valence-corrected chi connectivity index (χ3v) is 2.75. The Labute approximate surface area is 75.3 Å². The minimum Gasteiger partial charge on any atom is -0.480 e. The van der Waals surface area contributed by atoms with Crippen LogP contribution in [0.3, 0.4) is 0 Å². The van der Waals surface area contributed by atoms with Crippen molar-refractivity contribution in [1.29, 1.82) is 0 Å². The highest BCUT2D eigenvalue weighted by atomic mass is 31.2. The minimum absolute atomic E-state index is 0.447. The number of carboxylic acids is 1. The van der Waals surface area contributed by atoms with Gasteiger partial charge in [0.15, 0.2) is 0 Å². The predicted molar refractivity (Wildman–Crippen MR) is 44.3 cm³/mol. The van der Waals surface area contributed by atoms with Gasteiger partial charge in [-0.25, -0.2) is 0 Å². The second kappa shape index (κ2) is 3.75. The molecule has 1 saturated heterocycles. The number of nitrogens with zero attached hydrogens (tertiary/aromatic N) is 1. The van der Waals surface area contributed by atoms with Gasteiger partial charge >= 0.3 is 13.6 Å². The molecule has 1 rings (SSSR count). The Morgan fingerprint density at radius 3 is 2.62 bits per heavy atom. The summed E-state index contributed by atoms with van der Waals surface area (Å²) < 4.78 is 10.6. The standard InChI is InChI=1S/C6H12NO5P/c8-6(9)5-2-1-3-7(5)4-13(10,11)12/h5H,1-4H2,(H,8,9)(H2,10,11,12). The molecule has 0 radical (unpaired) electrons. The van der Waals surface area contributed by atoms with Crippen LogP contribution in [-0.2, 0) is 9.36 Å². The molecule has 1 fully saturated rings. The lowest BCUT2D eigenvalue weighted by Crippen LogP contribution is -2.36. The monoisotopic (exact) mass is 209 g/mol. The van der Waals surface area contributed by atoms with Crippen molar-refractivity contribution in [1.82, 2.24) is 4.90 Å². The molecule has 0 aromatic carbocycles. The van der Waals surface area contributed by atoms with Crippen LogP contribution < -0.4 is 0 Å². The fourth-order valence-electron chi connectivity index (χ4n) is 1.51. The molecule has 13 heavy (non-hydrogen) atoms. The smallest absolute Gasteiger partial charge is 0.339 e. The Morgan fingerprint density at radius 2 is 2.15 bits per heavy atom. The van der Waals surface area contributed by atoms with E-state index in [0.29, 0.717) is 19.4 Å². The van der Waals surface area contributed by atoms with Crippen molar-refractivity contribution in [2.45, 2.75) is 18.9 Å². The Balaban J connectivity index is 2.59. The predicted octanol–water partition coefficient (Wildman–Crippen LogP) is -0.329. The van der Waals surface area contributed by atoms with E-state index in [0.717, 1.165) is 0 Å². The van der Waals surface area contributed by atoms with Gasteiger partial charge in [-0.3, -0.25) is 14.3 Å². The summed E-state index contributed by atoms with van der Waals surface area (Å²) in [5, 5.41) is 8.69. The molecule has 1 aliphatic heterocycles. The van der Waals surface area contributed by atoms with E-state index in [1.165, 1.54) is 4.90 Å². The molecule has 0 aliphatic carbocycles. The number of carbonyl (C=O) groups is 1. The van der Waals surface area contributed by atoms with Gasteiger partial charge in [0, 0.05) is 0 Å². The van der Waals surface area contributed by atoms with Crippen LogP contribution in [0.25, 0.3) is 0 Å². The first-order valence-corrected chi connectivity index (χ1v) is 5.71. The normalized spacial score (nSPS) is 24.9. The van der Waals surface area contributed by atoms with E-state index >= 15 is 0 Å². The molecule has 6 nitrogen and oxygen atoms in total. The van der Waals surface area contributed by atoms with Crippen LogP contribution in [0, 0.1) is 0 Å². The number of rotatable bonds is 3. The van der Waals surface area contributed by atoms with E-state index in [1.54, 1.807) is 0 Å². The molecule has 1 unspecified atom stereocenters. The largest absolute Gasteiger partial charge is 0.480 e. The maximum atomic E-state index is 10.6. The van der Waals surface area contributed by atoms with Gasteiger partial charge in [-0.15, -0.1) is 0 Å². The molecule has 1 aliphatic rings. The second-order valence-corrected chi connectivity index (χ2v) is 4.73. The second-order valence-electron chi connectivity index (χ2n) is 3.11. The van der Waals surface area contributed by atoms with E-state index in [4.69, 9.17) is 14.9 Å². The van der Waals surface area contributed by atoms with E-state index < -0.39 is 25.9 Å². The lowest BCUT2D eigenvalue weighted by molar-refractivity contribution is -0.141. The first-order chi connectivity index (χ1) is 5.90. The van der Waals surface area contributed by atoms with E-state index in [1.807, 2.05) is 0 Å². The van der Waals surface area contributed by atoms with Crippen LogP contribution in [0.1, 0.15) is 12.8 Å². The van der Waals surface area contributed by atoms with E-state index in [2.05, 4.69) is 0 Å². The van der Waals surface area contributed by atoms with Crippen molar-refractivity contribution in [3.8, 4) is 0 Å². The number of hydrogen-bond acceptors (Lipinski definition) is 3.